The van der Waals surface area contributed by atoms with Crippen molar-refractivity contribution in [2.24, 2.45) is 0 Å². The predicted octanol–water partition coefficient (Wildman–Crippen LogP) is 3.60. The van der Waals surface area contributed by atoms with Crippen LogP contribution in [-0.4, -0.2) is 26.6 Å². The maximum Gasteiger partial charge on any atom is 0.412 e. The van der Waals surface area contributed by atoms with Gasteiger partial charge in [-0.1, -0.05) is 6.07 Å². The molecule has 0 saturated heterocycles. The lowest BCUT2D eigenvalue weighted by Crippen LogP contribution is -2.27. The van der Waals surface area contributed by atoms with Crippen LogP contribution in [0.2, 0.25) is 0 Å². The van der Waals surface area contributed by atoms with E-state index in [1.165, 1.54) is 30.5 Å². The molecule has 2 heterocycles. The van der Waals surface area contributed by atoms with Crippen molar-refractivity contribution in [1.29, 1.82) is 0 Å². The number of benzene rings is 1. The van der Waals surface area contributed by atoms with E-state index < -0.39 is 23.1 Å². The first-order chi connectivity index (χ1) is 12.7. The number of aromatic nitrogens is 3. The van der Waals surface area contributed by atoms with Gasteiger partial charge in [-0.15, -0.1) is 0 Å². The lowest BCUT2D eigenvalue weighted by molar-refractivity contribution is 0.0635. The Bertz CT molecular complexity index is 1060. The molecule has 0 atom stereocenters. The van der Waals surface area contributed by atoms with E-state index >= 15 is 0 Å². The second kappa shape index (κ2) is 7.02. The molecule has 8 nitrogen and oxygen atoms in total. The van der Waals surface area contributed by atoms with Crippen LogP contribution < -0.4 is 15.6 Å². The van der Waals surface area contributed by atoms with Gasteiger partial charge < -0.3 is 14.5 Å². The number of hydrogen-bond donors (Lipinski definition) is 2. The fourth-order valence-corrected chi connectivity index (χ4v) is 2.23. The highest BCUT2D eigenvalue weighted by Gasteiger charge is 2.19. The van der Waals surface area contributed by atoms with Gasteiger partial charge in [-0.2, -0.15) is 0 Å². The first-order valence-corrected chi connectivity index (χ1v) is 8.03. The first kappa shape index (κ1) is 18.3. The van der Waals surface area contributed by atoms with Gasteiger partial charge >= 0.3 is 6.09 Å². The van der Waals surface area contributed by atoms with Crippen molar-refractivity contribution in [2.75, 3.05) is 5.32 Å². The van der Waals surface area contributed by atoms with E-state index in [0.717, 1.165) is 6.20 Å². The molecule has 0 unspecified atom stereocenters. The smallest absolute Gasteiger partial charge is 0.412 e. The van der Waals surface area contributed by atoms with E-state index in [4.69, 9.17) is 9.47 Å². The summed E-state index contributed by atoms with van der Waals surface area (Å²) in [6, 6.07) is 5.78. The Morgan fingerprint density at radius 3 is 2.70 bits per heavy atom. The monoisotopic (exact) mass is 372 g/mol. The summed E-state index contributed by atoms with van der Waals surface area (Å²) in [6.07, 6.45) is 1.69. The zero-order valence-corrected chi connectivity index (χ0v) is 14.9. The highest BCUT2D eigenvalue weighted by Crippen LogP contribution is 2.31. The minimum absolute atomic E-state index is 0.0959. The van der Waals surface area contributed by atoms with Gasteiger partial charge in [-0.05, 0) is 32.9 Å². The molecule has 0 spiro atoms. The fourth-order valence-electron chi connectivity index (χ4n) is 2.23. The number of H-pyrrole nitrogens is 1. The molecule has 0 saturated carbocycles. The van der Waals surface area contributed by atoms with E-state index in [1.54, 1.807) is 20.8 Å². The van der Waals surface area contributed by atoms with Gasteiger partial charge in [0.15, 0.2) is 23.0 Å². The van der Waals surface area contributed by atoms with Crippen LogP contribution in [0.3, 0.4) is 0 Å². The average molecular weight is 372 g/mol. The Morgan fingerprint density at radius 1 is 1.19 bits per heavy atom. The van der Waals surface area contributed by atoms with Gasteiger partial charge in [0.05, 0.1) is 11.9 Å². The average Bonchev–Trinajstić information content (AvgIpc) is 2.56. The molecule has 3 rings (SSSR count). The van der Waals surface area contributed by atoms with Gasteiger partial charge in [0.25, 0.3) is 5.56 Å². The summed E-state index contributed by atoms with van der Waals surface area (Å²) in [5, 5.41) is 2.35. The molecule has 1 aromatic carbocycles. The van der Waals surface area contributed by atoms with E-state index in [-0.39, 0.29) is 28.4 Å². The van der Waals surface area contributed by atoms with Crippen LogP contribution in [0.5, 0.6) is 11.5 Å². The lowest BCUT2D eigenvalue weighted by atomic mass is 10.2. The summed E-state index contributed by atoms with van der Waals surface area (Å²) in [5.41, 5.74) is -0.749. The molecule has 140 valence electrons. The van der Waals surface area contributed by atoms with Gasteiger partial charge in [-0.3, -0.25) is 10.1 Å². The van der Waals surface area contributed by atoms with Gasteiger partial charge in [0.1, 0.15) is 11.1 Å². The molecule has 2 aromatic heterocycles. The maximum atomic E-state index is 14.7. The van der Waals surface area contributed by atoms with Crippen LogP contribution >= 0.6 is 0 Å². The lowest BCUT2D eigenvalue weighted by Gasteiger charge is -2.20. The van der Waals surface area contributed by atoms with Crippen LogP contribution in [0.25, 0.3) is 11.2 Å². The number of rotatable bonds is 3. The number of pyridine rings is 1. The summed E-state index contributed by atoms with van der Waals surface area (Å²) < 4.78 is 25.4. The zero-order valence-electron chi connectivity index (χ0n) is 14.9. The molecule has 2 N–H and O–H groups in total. The number of aromatic amines is 1. The summed E-state index contributed by atoms with van der Waals surface area (Å²) in [6.45, 7) is 5.11. The summed E-state index contributed by atoms with van der Waals surface area (Å²) >= 11 is 0. The molecule has 0 radical (unpaired) electrons. The second-order valence-electron chi connectivity index (χ2n) is 6.60. The topological polar surface area (TPSA) is 106 Å². The SMILES string of the molecule is CC(C)(C)OC(=O)Nc1cccc(Oc2ccnc3[nH]c(=O)cnc23)c1F. The van der Waals surface area contributed by atoms with Gasteiger partial charge in [-0.25, -0.2) is 19.2 Å². The van der Waals surface area contributed by atoms with E-state index in [0.29, 0.717) is 0 Å². The summed E-state index contributed by atoms with van der Waals surface area (Å²) in [5.74, 6) is -0.716. The fraction of sp³-hybridized carbons (Fsp3) is 0.222. The highest BCUT2D eigenvalue weighted by atomic mass is 19.1. The molecule has 0 fully saturated rings. The van der Waals surface area contributed by atoms with Crippen molar-refractivity contribution in [2.45, 2.75) is 26.4 Å². The molecule has 0 aliphatic heterocycles. The largest absolute Gasteiger partial charge is 0.452 e. The first-order valence-electron chi connectivity index (χ1n) is 8.03. The van der Waals surface area contributed by atoms with Crippen LogP contribution in [-0.2, 0) is 4.74 Å². The molecule has 1 amide bonds. The third kappa shape index (κ3) is 4.38. The van der Waals surface area contributed by atoms with Crippen LogP contribution in [0.1, 0.15) is 20.8 Å². The summed E-state index contributed by atoms with van der Waals surface area (Å²) in [4.78, 5) is 33.7. The molecule has 0 aliphatic rings. The van der Waals surface area contributed by atoms with E-state index in [2.05, 4.69) is 20.3 Å². The van der Waals surface area contributed by atoms with Crippen LogP contribution in [0, 0.1) is 5.82 Å². The normalized spacial score (nSPS) is 11.3. The van der Waals surface area contributed by atoms with Crippen LogP contribution in [0.4, 0.5) is 14.9 Å². The van der Waals surface area contributed by atoms with Crippen molar-refractivity contribution in [1.82, 2.24) is 15.0 Å². The predicted molar refractivity (Wildman–Crippen MR) is 96.5 cm³/mol. The van der Waals surface area contributed by atoms with Crippen molar-refractivity contribution >= 4 is 22.9 Å². The summed E-state index contributed by atoms with van der Waals surface area (Å²) in [7, 11) is 0. The van der Waals surface area contributed by atoms with Crippen molar-refractivity contribution in [3.63, 3.8) is 0 Å². The molecule has 0 aliphatic carbocycles. The number of carbonyl (C=O) groups excluding carboxylic acids is 1. The number of carbonyl (C=O) groups is 1. The van der Waals surface area contributed by atoms with Crippen molar-refractivity contribution < 1.29 is 18.7 Å². The van der Waals surface area contributed by atoms with Gasteiger partial charge in [0, 0.05) is 12.3 Å². The molecule has 0 bridgehead atoms. The standard InChI is InChI=1S/C18H17FN4O4/c1-18(2,3)27-17(25)22-10-5-4-6-11(14(10)19)26-12-7-8-20-16-15(12)21-9-13(24)23-16/h4-9H,1-3H3,(H,22,25)(H,20,23,24). The Kier molecular flexibility index (Phi) is 4.76. The number of ether oxygens (including phenoxy) is 2. The number of nitrogens with one attached hydrogen (secondary N) is 2. The number of hydrogen-bond acceptors (Lipinski definition) is 6. The Morgan fingerprint density at radius 2 is 1.96 bits per heavy atom. The molecular formula is C18H17FN4O4. The highest BCUT2D eigenvalue weighted by molar-refractivity contribution is 5.85. The Balaban J connectivity index is 1.89. The van der Waals surface area contributed by atoms with Gasteiger partial charge in [0.2, 0.25) is 0 Å². The Hall–Kier alpha value is -3.49. The molecule has 27 heavy (non-hydrogen) atoms. The second-order valence-corrected chi connectivity index (χ2v) is 6.60. The maximum absolute atomic E-state index is 14.7. The molecule has 3 aromatic rings. The third-order valence-electron chi connectivity index (χ3n) is 3.26. The quantitative estimate of drug-likeness (QED) is 0.728. The van der Waals surface area contributed by atoms with E-state index in [9.17, 15) is 14.0 Å². The van der Waals surface area contributed by atoms with Crippen molar-refractivity contribution in [3.8, 4) is 11.5 Å². The van der Waals surface area contributed by atoms with E-state index in [1.807, 2.05) is 0 Å². The number of amides is 1. The number of fused-ring (bicyclic) bond motifs is 1. The minimum Gasteiger partial charge on any atom is -0.452 e. The Labute approximate surface area is 153 Å². The third-order valence-corrected chi connectivity index (χ3v) is 3.26. The number of halogens is 1. The minimum atomic E-state index is -0.785. The van der Waals surface area contributed by atoms with Crippen molar-refractivity contribution in [3.05, 3.63) is 52.8 Å². The van der Waals surface area contributed by atoms with Crippen LogP contribution in [0.15, 0.2) is 41.5 Å². The number of anilines is 1. The molecular weight excluding hydrogens is 355 g/mol. The zero-order chi connectivity index (χ0) is 19.6. The molecule has 9 heteroatoms. The number of nitrogens with zero attached hydrogens (tertiary/aromatic N) is 2.